The molecular formula is C14H12ClFN2O3S3. The molecule has 0 aliphatic heterocycles. The highest BCUT2D eigenvalue weighted by Gasteiger charge is 2.17. The number of hydrogen-bond acceptors (Lipinski definition) is 5. The highest BCUT2D eigenvalue weighted by atomic mass is 35.5. The minimum Gasteiger partial charge on any atom is -0.383 e. The Hall–Kier alpha value is -1.26. The van der Waals surface area contributed by atoms with E-state index in [0.717, 1.165) is 22.7 Å². The van der Waals surface area contributed by atoms with Crippen LogP contribution in [0.15, 0.2) is 38.9 Å². The normalized spacial score (nSPS) is 13.0. The smallest absolute Gasteiger partial charge is 0.294 e. The Morgan fingerprint density at radius 1 is 1.29 bits per heavy atom. The third kappa shape index (κ3) is 3.55. The number of methoxy groups -OCH3 is 1. The van der Waals surface area contributed by atoms with Crippen LogP contribution < -0.4 is 4.80 Å². The molecule has 0 aliphatic carbocycles. The fourth-order valence-electron chi connectivity index (χ4n) is 2.10. The van der Waals surface area contributed by atoms with Gasteiger partial charge in [0.25, 0.3) is 10.0 Å². The van der Waals surface area contributed by atoms with Gasteiger partial charge in [0, 0.05) is 13.7 Å². The molecule has 128 valence electrons. The summed E-state index contributed by atoms with van der Waals surface area (Å²) < 4.78 is 50.1. The highest BCUT2D eigenvalue weighted by molar-refractivity contribution is 7.92. The van der Waals surface area contributed by atoms with Gasteiger partial charge >= 0.3 is 0 Å². The fraction of sp³-hybridized carbons (Fsp3) is 0.214. The van der Waals surface area contributed by atoms with E-state index in [2.05, 4.69) is 4.40 Å². The minimum atomic E-state index is -3.88. The first-order valence-corrected chi connectivity index (χ1v) is 10.2. The lowest BCUT2D eigenvalue weighted by molar-refractivity contribution is 0.187. The van der Waals surface area contributed by atoms with Crippen molar-refractivity contribution in [3.8, 4) is 0 Å². The summed E-state index contributed by atoms with van der Waals surface area (Å²) in [6, 6.07) is 7.21. The van der Waals surface area contributed by atoms with Gasteiger partial charge in [0.05, 0.1) is 21.2 Å². The van der Waals surface area contributed by atoms with Gasteiger partial charge in [-0.05, 0) is 30.3 Å². The van der Waals surface area contributed by atoms with Crippen LogP contribution in [0.25, 0.3) is 10.2 Å². The fourth-order valence-corrected chi connectivity index (χ4v) is 5.84. The number of thiazole rings is 1. The zero-order valence-electron chi connectivity index (χ0n) is 12.4. The second kappa shape index (κ2) is 6.93. The maximum absolute atomic E-state index is 13.4. The van der Waals surface area contributed by atoms with Crippen molar-refractivity contribution in [2.45, 2.75) is 10.8 Å². The third-order valence-electron chi connectivity index (χ3n) is 3.16. The van der Waals surface area contributed by atoms with Crippen LogP contribution in [0.1, 0.15) is 0 Å². The quantitative estimate of drug-likeness (QED) is 0.651. The van der Waals surface area contributed by atoms with Gasteiger partial charge < -0.3 is 9.30 Å². The Morgan fingerprint density at radius 2 is 2.08 bits per heavy atom. The maximum atomic E-state index is 13.4. The lowest BCUT2D eigenvalue weighted by Gasteiger charge is -2.04. The molecule has 0 saturated heterocycles. The number of halogens is 2. The number of fused-ring (bicyclic) bond motifs is 1. The molecule has 0 unspecified atom stereocenters. The van der Waals surface area contributed by atoms with Gasteiger partial charge in [-0.3, -0.25) is 0 Å². The molecule has 10 heteroatoms. The summed E-state index contributed by atoms with van der Waals surface area (Å²) in [5, 5.41) is 0. The van der Waals surface area contributed by atoms with E-state index in [0.29, 0.717) is 27.7 Å². The van der Waals surface area contributed by atoms with Crippen molar-refractivity contribution in [3.05, 3.63) is 45.3 Å². The average Bonchev–Trinajstić information content (AvgIpc) is 3.08. The molecule has 0 atom stereocenters. The maximum Gasteiger partial charge on any atom is 0.294 e. The molecule has 3 rings (SSSR count). The first kappa shape index (κ1) is 17.6. The molecule has 2 heterocycles. The van der Waals surface area contributed by atoms with Gasteiger partial charge in [-0.25, -0.2) is 4.39 Å². The third-order valence-corrected chi connectivity index (χ3v) is 7.29. The van der Waals surface area contributed by atoms with Gasteiger partial charge in [-0.2, -0.15) is 8.42 Å². The molecule has 1 aromatic carbocycles. The first-order valence-electron chi connectivity index (χ1n) is 6.75. The summed E-state index contributed by atoms with van der Waals surface area (Å²) in [6.45, 7) is 0.781. The number of rotatable bonds is 5. The molecule has 2 aromatic heterocycles. The molecule has 0 amide bonds. The van der Waals surface area contributed by atoms with Crippen molar-refractivity contribution in [2.75, 3.05) is 13.7 Å². The van der Waals surface area contributed by atoms with Gasteiger partial charge in [0.15, 0.2) is 0 Å². The van der Waals surface area contributed by atoms with Crippen LogP contribution in [0.2, 0.25) is 4.34 Å². The van der Waals surface area contributed by atoms with Gasteiger partial charge in [-0.1, -0.05) is 22.9 Å². The Morgan fingerprint density at radius 3 is 2.75 bits per heavy atom. The number of aromatic nitrogens is 1. The molecule has 0 radical (unpaired) electrons. The van der Waals surface area contributed by atoms with E-state index in [1.54, 1.807) is 17.7 Å². The Balaban J connectivity index is 2.20. The van der Waals surface area contributed by atoms with Crippen LogP contribution in [0.4, 0.5) is 4.39 Å². The van der Waals surface area contributed by atoms with E-state index in [9.17, 15) is 12.8 Å². The van der Waals surface area contributed by atoms with Crippen molar-refractivity contribution in [1.29, 1.82) is 0 Å². The van der Waals surface area contributed by atoms with E-state index in [1.807, 2.05) is 0 Å². The second-order valence-electron chi connectivity index (χ2n) is 4.77. The van der Waals surface area contributed by atoms with Crippen molar-refractivity contribution in [2.24, 2.45) is 4.40 Å². The van der Waals surface area contributed by atoms with Crippen LogP contribution in [-0.4, -0.2) is 26.7 Å². The van der Waals surface area contributed by atoms with Crippen LogP contribution in [0.3, 0.4) is 0 Å². The van der Waals surface area contributed by atoms with Crippen LogP contribution in [0, 0.1) is 5.82 Å². The molecule has 0 N–H and O–H groups in total. The van der Waals surface area contributed by atoms with E-state index >= 15 is 0 Å². The van der Waals surface area contributed by atoms with Gasteiger partial charge in [0.1, 0.15) is 10.0 Å². The minimum absolute atomic E-state index is 0.0643. The summed E-state index contributed by atoms with van der Waals surface area (Å²) >= 11 is 7.85. The monoisotopic (exact) mass is 406 g/mol. The number of nitrogens with zero attached hydrogens (tertiary/aromatic N) is 2. The van der Waals surface area contributed by atoms with E-state index in [-0.39, 0.29) is 14.8 Å². The molecule has 0 bridgehead atoms. The topological polar surface area (TPSA) is 60.7 Å². The van der Waals surface area contributed by atoms with Crippen LogP contribution in [0.5, 0.6) is 0 Å². The summed E-state index contributed by atoms with van der Waals surface area (Å²) in [4.78, 5) is 0.261. The van der Waals surface area contributed by atoms with Crippen molar-refractivity contribution >= 4 is 54.5 Å². The summed E-state index contributed by atoms with van der Waals surface area (Å²) in [6.07, 6.45) is 0. The second-order valence-corrected chi connectivity index (χ2v) is 9.32. The zero-order chi connectivity index (χ0) is 17.3. The molecule has 0 fully saturated rings. The van der Waals surface area contributed by atoms with Crippen LogP contribution >= 0.6 is 34.3 Å². The number of hydrogen-bond donors (Lipinski definition) is 0. The van der Waals surface area contributed by atoms with Gasteiger partial charge in [0.2, 0.25) is 4.80 Å². The summed E-state index contributed by atoms with van der Waals surface area (Å²) in [5.41, 5.74) is 0.705. The number of thiophene rings is 1. The lowest BCUT2D eigenvalue weighted by Crippen LogP contribution is -2.19. The largest absolute Gasteiger partial charge is 0.383 e. The molecular weight excluding hydrogens is 395 g/mol. The molecule has 0 spiro atoms. The number of sulfonamides is 1. The molecule has 0 saturated carbocycles. The Labute approximate surface area is 150 Å². The Kier molecular flexibility index (Phi) is 5.07. The van der Waals surface area contributed by atoms with Crippen molar-refractivity contribution in [3.63, 3.8) is 0 Å². The summed E-state index contributed by atoms with van der Waals surface area (Å²) in [5.74, 6) is -0.387. The van der Waals surface area contributed by atoms with Crippen molar-refractivity contribution < 1.29 is 17.5 Å². The van der Waals surface area contributed by atoms with E-state index in [4.69, 9.17) is 16.3 Å². The van der Waals surface area contributed by atoms with Crippen LogP contribution in [-0.2, 0) is 21.3 Å². The first-order chi connectivity index (χ1) is 11.4. The predicted octanol–water partition coefficient (Wildman–Crippen LogP) is 3.49. The van der Waals surface area contributed by atoms with E-state index in [1.165, 1.54) is 24.3 Å². The standard InChI is InChI=1S/C14H12ClFN2O3S3/c1-21-7-6-18-10-3-2-9(16)8-11(10)22-14(18)17-24(19,20)13-5-4-12(15)23-13/h2-5,8H,6-7H2,1H3. The highest BCUT2D eigenvalue weighted by Crippen LogP contribution is 2.27. The van der Waals surface area contributed by atoms with E-state index < -0.39 is 10.0 Å². The zero-order valence-corrected chi connectivity index (χ0v) is 15.6. The summed E-state index contributed by atoms with van der Waals surface area (Å²) in [7, 11) is -2.33. The average molecular weight is 407 g/mol. The molecule has 3 aromatic rings. The SMILES string of the molecule is COCCn1c(=NS(=O)(=O)c2ccc(Cl)s2)sc2cc(F)ccc21. The van der Waals surface area contributed by atoms with Crippen molar-refractivity contribution in [1.82, 2.24) is 4.57 Å². The number of benzene rings is 1. The lowest BCUT2D eigenvalue weighted by atomic mass is 10.3. The molecule has 24 heavy (non-hydrogen) atoms. The number of ether oxygens (including phenoxy) is 1. The predicted molar refractivity (Wildman–Crippen MR) is 93.7 cm³/mol. The van der Waals surface area contributed by atoms with Gasteiger partial charge in [-0.15, -0.1) is 15.7 Å². The molecule has 5 nitrogen and oxygen atoms in total. The molecule has 0 aliphatic rings. The Bertz CT molecular complexity index is 1050.